The number of nitrogens with zero attached hydrogens (tertiary/aromatic N) is 1. The van der Waals surface area contributed by atoms with Crippen LogP contribution in [0.2, 0.25) is 10.0 Å². The molecule has 0 radical (unpaired) electrons. The Balaban J connectivity index is 1.88. The Morgan fingerprint density at radius 1 is 1.41 bits per heavy atom. The van der Waals surface area contributed by atoms with Gasteiger partial charge in [0.2, 0.25) is 0 Å². The minimum Gasteiger partial charge on any atom is -0.598 e. The lowest BCUT2D eigenvalue weighted by Gasteiger charge is -2.32. The highest BCUT2D eigenvalue weighted by atomic mass is 35.5. The minimum atomic E-state index is -1.37. The highest BCUT2D eigenvalue weighted by molar-refractivity contribution is 7.90. The van der Waals surface area contributed by atoms with E-state index in [1.807, 2.05) is 20.8 Å². The van der Waals surface area contributed by atoms with Crippen molar-refractivity contribution in [1.82, 2.24) is 9.62 Å². The summed E-state index contributed by atoms with van der Waals surface area (Å²) in [5, 5.41) is 0.741. The fraction of sp³-hybridized carbons (Fsp3) is 0.625. The summed E-state index contributed by atoms with van der Waals surface area (Å²) in [5.41, 5.74) is 0.745. The number of hydrogen-bond acceptors (Lipinski definition) is 6. The number of hydrogen-bond donors (Lipinski definition) is 1. The summed E-state index contributed by atoms with van der Waals surface area (Å²) < 4.78 is 33.2. The minimum absolute atomic E-state index is 0.0334. The van der Waals surface area contributed by atoms with Gasteiger partial charge in [-0.25, -0.2) is 0 Å². The first-order chi connectivity index (χ1) is 15.8. The molecule has 0 saturated carbocycles. The van der Waals surface area contributed by atoms with Gasteiger partial charge in [0.05, 0.1) is 22.7 Å². The first kappa shape index (κ1) is 27.6. The van der Waals surface area contributed by atoms with E-state index in [-0.39, 0.29) is 31.1 Å². The lowest BCUT2D eigenvalue weighted by atomic mass is 9.92. The normalized spacial score (nSPS) is 24.2. The van der Waals surface area contributed by atoms with Crippen molar-refractivity contribution in [2.75, 3.05) is 26.3 Å². The number of carbonyl (C=O) groups excluding carboxylic acids is 1. The van der Waals surface area contributed by atoms with Crippen molar-refractivity contribution in [3.63, 3.8) is 0 Å². The molecule has 0 aromatic heterocycles. The van der Waals surface area contributed by atoms with E-state index in [9.17, 15) is 9.35 Å². The molecular formula is C24H34Cl2N2O5S. The fourth-order valence-corrected chi connectivity index (χ4v) is 5.27. The van der Waals surface area contributed by atoms with E-state index in [2.05, 4.69) is 11.3 Å². The van der Waals surface area contributed by atoms with Gasteiger partial charge < -0.3 is 23.7 Å². The molecule has 2 aliphatic rings. The highest BCUT2D eigenvalue weighted by Gasteiger charge is 2.43. The Kier molecular flexibility index (Phi) is 8.88. The summed E-state index contributed by atoms with van der Waals surface area (Å²) in [6, 6.07) is 3.03. The third kappa shape index (κ3) is 6.60. The summed E-state index contributed by atoms with van der Waals surface area (Å²) in [5.74, 6) is -0.364. The first-order valence-electron chi connectivity index (χ1n) is 11.3. The van der Waals surface area contributed by atoms with Gasteiger partial charge in [-0.1, -0.05) is 35.9 Å². The molecule has 190 valence electrons. The standard InChI is InChI=1S/C24H34Cl2N2O5S/c1-7-10-31-19-12-18(26)17(25)11-16(19)21(27-34(30)23(2,3)4)15-8-9-28(13-15)22(29)20-14-32-24(5,6)33-20/h7,11-12,15,20-21,27H,1,8-10,13-14H2,2-6H3/t15-,20+,21?,34?/m0/s1. The number of halogens is 2. The number of nitrogens with one attached hydrogen (secondary N) is 1. The summed E-state index contributed by atoms with van der Waals surface area (Å²) in [4.78, 5) is 14.9. The molecule has 1 aromatic carbocycles. The summed E-state index contributed by atoms with van der Waals surface area (Å²) in [6.45, 7) is 14.6. The Bertz CT molecular complexity index is 908. The molecule has 4 atom stereocenters. The molecule has 7 nitrogen and oxygen atoms in total. The zero-order valence-corrected chi connectivity index (χ0v) is 22.7. The lowest BCUT2D eigenvalue weighted by Crippen LogP contribution is -2.44. The van der Waals surface area contributed by atoms with E-state index in [1.165, 1.54) is 0 Å². The van der Waals surface area contributed by atoms with E-state index in [4.69, 9.17) is 37.4 Å². The Labute approximate surface area is 215 Å². The van der Waals surface area contributed by atoms with Crippen LogP contribution in [0.15, 0.2) is 24.8 Å². The average Bonchev–Trinajstić information content (AvgIpc) is 3.38. The molecule has 0 bridgehead atoms. The second kappa shape index (κ2) is 10.9. The molecule has 1 N–H and O–H groups in total. The topological polar surface area (TPSA) is 83.1 Å². The SMILES string of the molecule is C=CCOc1cc(Cl)c(Cl)cc1C(N[S+]([O-])C(C)(C)C)[C@H]1CCN(C(=O)[C@H]2COC(C)(C)O2)C1. The van der Waals surface area contributed by atoms with Gasteiger partial charge in [-0.2, -0.15) is 0 Å². The maximum atomic E-state index is 13.1. The Hall–Kier alpha value is -1.00. The molecule has 10 heteroatoms. The second-order valence-corrected chi connectivity index (χ2v) is 12.8. The van der Waals surface area contributed by atoms with Crippen LogP contribution in [-0.4, -0.2) is 58.3 Å². The van der Waals surface area contributed by atoms with Gasteiger partial charge in [0, 0.05) is 42.0 Å². The number of likely N-dealkylation sites (tertiary alicyclic amines) is 1. The molecular weight excluding hydrogens is 499 g/mol. The second-order valence-electron chi connectivity index (χ2n) is 10.0. The number of rotatable bonds is 8. The monoisotopic (exact) mass is 532 g/mol. The molecule has 2 saturated heterocycles. The van der Waals surface area contributed by atoms with E-state index >= 15 is 0 Å². The highest BCUT2D eigenvalue weighted by Crippen LogP contribution is 2.41. The van der Waals surface area contributed by atoms with Gasteiger partial charge in [-0.3, -0.25) is 4.79 Å². The number of carbonyl (C=O) groups is 1. The van der Waals surface area contributed by atoms with Crippen LogP contribution in [0.1, 0.15) is 52.6 Å². The van der Waals surface area contributed by atoms with Crippen molar-refractivity contribution in [1.29, 1.82) is 0 Å². The van der Waals surface area contributed by atoms with Crippen molar-refractivity contribution >= 4 is 40.5 Å². The van der Waals surface area contributed by atoms with Crippen LogP contribution in [0.4, 0.5) is 0 Å². The van der Waals surface area contributed by atoms with Crippen LogP contribution in [0, 0.1) is 5.92 Å². The van der Waals surface area contributed by atoms with Crippen LogP contribution in [-0.2, 0) is 25.6 Å². The zero-order chi connectivity index (χ0) is 25.3. The number of ether oxygens (including phenoxy) is 3. The smallest absolute Gasteiger partial charge is 0.254 e. The molecule has 3 rings (SSSR count). The molecule has 0 spiro atoms. The van der Waals surface area contributed by atoms with E-state index < -0.39 is 28.0 Å². The van der Waals surface area contributed by atoms with Gasteiger partial charge in [-0.15, -0.1) is 4.72 Å². The van der Waals surface area contributed by atoms with E-state index in [1.54, 1.807) is 37.0 Å². The molecule has 2 unspecified atom stereocenters. The molecule has 2 heterocycles. The van der Waals surface area contributed by atoms with Crippen LogP contribution in [0.3, 0.4) is 0 Å². The number of benzene rings is 1. The van der Waals surface area contributed by atoms with Crippen molar-refractivity contribution < 1.29 is 23.6 Å². The number of amides is 1. The fourth-order valence-electron chi connectivity index (χ4n) is 4.04. The molecule has 1 amide bonds. The van der Waals surface area contributed by atoms with Gasteiger partial charge in [-0.05, 0) is 47.1 Å². The molecule has 0 aliphatic carbocycles. The zero-order valence-electron chi connectivity index (χ0n) is 20.4. The summed E-state index contributed by atoms with van der Waals surface area (Å²) >= 11 is 11.3. The van der Waals surface area contributed by atoms with Crippen molar-refractivity contribution in [3.05, 3.63) is 40.4 Å². The first-order valence-corrected chi connectivity index (χ1v) is 13.2. The Morgan fingerprint density at radius 3 is 2.68 bits per heavy atom. The third-order valence-electron chi connectivity index (χ3n) is 5.83. The lowest BCUT2D eigenvalue weighted by molar-refractivity contribution is -0.159. The van der Waals surface area contributed by atoms with Gasteiger partial charge in [0.25, 0.3) is 5.91 Å². The van der Waals surface area contributed by atoms with Crippen molar-refractivity contribution in [2.45, 2.75) is 63.7 Å². The van der Waals surface area contributed by atoms with Gasteiger partial charge >= 0.3 is 0 Å². The largest absolute Gasteiger partial charge is 0.598 e. The van der Waals surface area contributed by atoms with E-state index in [0.717, 1.165) is 5.56 Å². The molecule has 2 fully saturated rings. The summed E-state index contributed by atoms with van der Waals surface area (Å²) in [7, 11) is 0. The van der Waals surface area contributed by atoms with Crippen LogP contribution >= 0.6 is 23.2 Å². The molecule has 2 aliphatic heterocycles. The van der Waals surface area contributed by atoms with Crippen molar-refractivity contribution in [3.8, 4) is 5.75 Å². The Morgan fingerprint density at radius 2 is 2.09 bits per heavy atom. The maximum Gasteiger partial charge on any atom is 0.254 e. The van der Waals surface area contributed by atoms with Crippen molar-refractivity contribution in [2.24, 2.45) is 5.92 Å². The van der Waals surface area contributed by atoms with Crippen LogP contribution in [0.25, 0.3) is 0 Å². The third-order valence-corrected chi connectivity index (χ3v) is 8.13. The molecule has 34 heavy (non-hydrogen) atoms. The van der Waals surface area contributed by atoms with E-state index in [0.29, 0.717) is 35.3 Å². The predicted molar refractivity (Wildman–Crippen MR) is 136 cm³/mol. The van der Waals surface area contributed by atoms with Gasteiger partial charge in [0.1, 0.15) is 17.1 Å². The maximum absolute atomic E-state index is 13.1. The quantitative estimate of drug-likeness (QED) is 0.387. The average molecular weight is 534 g/mol. The predicted octanol–water partition coefficient (Wildman–Crippen LogP) is 4.65. The van der Waals surface area contributed by atoms with Crippen LogP contribution in [0.5, 0.6) is 5.75 Å². The molecule has 1 aromatic rings. The summed E-state index contributed by atoms with van der Waals surface area (Å²) in [6.07, 6.45) is 1.73. The van der Waals surface area contributed by atoms with Crippen LogP contribution < -0.4 is 9.46 Å². The van der Waals surface area contributed by atoms with Gasteiger partial charge in [0.15, 0.2) is 11.9 Å².